The lowest BCUT2D eigenvalue weighted by molar-refractivity contribution is 0.281. The number of benzene rings is 1. The Labute approximate surface area is 136 Å². The molecule has 0 bridgehead atoms. The van der Waals surface area contributed by atoms with Crippen LogP contribution in [0.3, 0.4) is 0 Å². The number of rotatable bonds is 6. The van der Waals surface area contributed by atoms with E-state index >= 15 is 0 Å². The molecule has 0 aliphatic heterocycles. The standard InChI is InChI=1S/C13H14BrClFNO3S/c1-13(2,8-17)4-3-5-20-11-7-10(16)12(6-9(11)14)21(15,18)19/h6-7H,3-5H2,1-2H3. The van der Waals surface area contributed by atoms with E-state index in [1.165, 1.54) is 0 Å². The maximum atomic E-state index is 13.7. The van der Waals surface area contributed by atoms with Crippen LogP contribution in [0.15, 0.2) is 21.5 Å². The van der Waals surface area contributed by atoms with Crippen LogP contribution in [0.4, 0.5) is 4.39 Å². The van der Waals surface area contributed by atoms with Crippen molar-refractivity contribution in [3.63, 3.8) is 0 Å². The highest BCUT2D eigenvalue weighted by Gasteiger charge is 2.20. The number of nitrogens with zero attached hydrogens (tertiary/aromatic N) is 1. The molecule has 0 fully saturated rings. The molecule has 0 unspecified atom stereocenters. The molecule has 0 spiro atoms. The van der Waals surface area contributed by atoms with Crippen LogP contribution in [0.1, 0.15) is 26.7 Å². The molecular formula is C13H14BrClFNO3S. The van der Waals surface area contributed by atoms with Crippen LogP contribution in [0.2, 0.25) is 0 Å². The minimum Gasteiger partial charge on any atom is -0.492 e. The van der Waals surface area contributed by atoms with E-state index in [2.05, 4.69) is 22.0 Å². The Morgan fingerprint density at radius 1 is 1.48 bits per heavy atom. The number of halogens is 3. The van der Waals surface area contributed by atoms with Crippen molar-refractivity contribution >= 4 is 35.7 Å². The van der Waals surface area contributed by atoms with Crippen molar-refractivity contribution in [1.29, 1.82) is 5.26 Å². The highest BCUT2D eigenvalue weighted by Crippen LogP contribution is 2.32. The topological polar surface area (TPSA) is 67.2 Å². The van der Waals surface area contributed by atoms with Gasteiger partial charge in [0.05, 0.1) is 22.6 Å². The lowest BCUT2D eigenvalue weighted by Crippen LogP contribution is -2.10. The van der Waals surface area contributed by atoms with Gasteiger partial charge in [-0.05, 0) is 48.7 Å². The Kier molecular flexibility index (Phi) is 6.02. The molecule has 0 radical (unpaired) electrons. The first kappa shape index (κ1) is 18.2. The summed E-state index contributed by atoms with van der Waals surface area (Å²) in [4.78, 5) is -0.603. The second kappa shape index (κ2) is 6.95. The first-order valence-electron chi connectivity index (χ1n) is 6.04. The Morgan fingerprint density at radius 2 is 2.10 bits per heavy atom. The van der Waals surface area contributed by atoms with Crippen molar-refractivity contribution in [3.05, 3.63) is 22.4 Å². The van der Waals surface area contributed by atoms with Crippen LogP contribution >= 0.6 is 26.6 Å². The fourth-order valence-corrected chi connectivity index (χ4v) is 3.07. The van der Waals surface area contributed by atoms with Gasteiger partial charge in [0.25, 0.3) is 9.05 Å². The first-order valence-corrected chi connectivity index (χ1v) is 9.15. The monoisotopic (exact) mass is 397 g/mol. The molecule has 0 saturated heterocycles. The molecule has 21 heavy (non-hydrogen) atoms. The van der Waals surface area contributed by atoms with E-state index in [4.69, 9.17) is 20.7 Å². The van der Waals surface area contributed by atoms with Gasteiger partial charge in [-0.1, -0.05) is 0 Å². The van der Waals surface area contributed by atoms with Gasteiger partial charge in [-0.25, -0.2) is 12.8 Å². The van der Waals surface area contributed by atoms with Gasteiger partial charge in [0.2, 0.25) is 0 Å². The summed E-state index contributed by atoms with van der Waals surface area (Å²) >= 11 is 3.11. The molecule has 0 N–H and O–H groups in total. The predicted molar refractivity (Wildman–Crippen MR) is 81.3 cm³/mol. The van der Waals surface area contributed by atoms with E-state index in [0.717, 1.165) is 12.1 Å². The van der Waals surface area contributed by atoms with Crippen LogP contribution in [0.5, 0.6) is 5.75 Å². The number of hydrogen-bond donors (Lipinski definition) is 0. The molecule has 0 aromatic heterocycles. The largest absolute Gasteiger partial charge is 0.492 e. The molecule has 0 aliphatic rings. The minimum absolute atomic E-state index is 0.186. The maximum Gasteiger partial charge on any atom is 0.264 e. The van der Waals surface area contributed by atoms with Gasteiger partial charge in [-0.2, -0.15) is 5.26 Å². The SMILES string of the molecule is CC(C)(C#N)CCCOc1cc(F)c(S(=O)(=O)Cl)cc1Br. The normalized spacial score (nSPS) is 12.0. The summed E-state index contributed by atoms with van der Waals surface area (Å²) < 4.78 is 41.7. The van der Waals surface area contributed by atoms with Gasteiger partial charge in [-0.15, -0.1) is 0 Å². The Balaban J connectivity index is 2.75. The molecule has 116 valence electrons. The third-order valence-corrected chi connectivity index (χ3v) is 4.71. The van der Waals surface area contributed by atoms with Crippen molar-refractivity contribution in [3.8, 4) is 11.8 Å². The number of hydrogen-bond acceptors (Lipinski definition) is 4. The van der Waals surface area contributed by atoms with E-state index in [0.29, 0.717) is 17.3 Å². The highest BCUT2D eigenvalue weighted by molar-refractivity contribution is 9.10. The molecular weight excluding hydrogens is 385 g/mol. The van der Waals surface area contributed by atoms with Crippen molar-refractivity contribution in [2.75, 3.05) is 6.61 Å². The molecule has 1 aromatic rings. The van der Waals surface area contributed by atoms with Crippen molar-refractivity contribution in [2.45, 2.75) is 31.6 Å². The van der Waals surface area contributed by atoms with Crippen LogP contribution in [-0.2, 0) is 9.05 Å². The third-order valence-electron chi connectivity index (χ3n) is 2.76. The molecule has 1 rings (SSSR count). The van der Waals surface area contributed by atoms with Gasteiger partial charge in [-0.3, -0.25) is 0 Å². The fraction of sp³-hybridized carbons (Fsp3) is 0.462. The van der Waals surface area contributed by atoms with E-state index in [1.807, 2.05) is 13.8 Å². The van der Waals surface area contributed by atoms with Crippen molar-refractivity contribution < 1.29 is 17.5 Å². The smallest absolute Gasteiger partial charge is 0.264 e. The Bertz CT molecular complexity index is 671. The summed E-state index contributed by atoms with van der Waals surface area (Å²) in [6.45, 7) is 3.93. The molecule has 8 heteroatoms. The second-order valence-corrected chi connectivity index (χ2v) is 8.49. The zero-order valence-electron chi connectivity index (χ0n) is 11.5. The third kappa shape index (κ3) is 5.46. The summed E-state index contributed by atoms with van der Waals surface area (Å²) in [5.41, 5.74) is -0.442. The maximum absolute atomic E-state index is 13.7. The second-order valence-electron chi connectivity index (χ2n) is 5.10. The number of nitriles is 1. The summed E-state index contributed by atoms with van der Waals surface area (Å²) in [6.07, 6.45) is 1.25. The van der Waals surface area contributed by atoms with E-state index in [-0.39, 0.29) is 12.4 Å². The van der Waals surface area contributed by atoms with E-state index in [1.54, 1.807) is 0 Å². The quantitative estimate of drug-likeness (QED) is 0.531. The summed E-state index contributed by atoms with van der Waals surface area (Å²) in [5, 5.41) is 8.88. The van der Waals surface area contributed by atoms with Crippen LogP contribution in [0, 0.1) is 22.6 Å². The van der Waals surface area contributed by atoms with Gasteiger partial charge in [0.1, 0.15) is 16.5 Å². The summed E-state index contributed by atoms with van der Waals surface area (Å²) in [6, 6.07) is 4.21. The molecule has 0 heterocycles. The van der Waals surface area contributed by atoms with Gasteiger partial charge >= 0.3 is 0 Å². The highest BCUT2D eigenvalue weighted by atomic mass is 79.9. The molecule has 0 aliphatic carbocycles. The van der Waals surface area contributed by atoms with Gasteiger partial charge in [0, 0.05) is 16.7 Å². The number of ether oxygens (including phenoxy) is 1. The van der Waals surface area contributed by atoms with Crippen molar-refractivity contribution in [2.24, 2.45) is 5.41 Å². The van der Waals surface area contributed by atoms with E-state index < -0.39 is 25.2 Å². The molecule has 0 amide bonds. The van der Waals surface area contributed by atoms with Crippen LogP contribution < -0.4 is 4.74 Å². The van der Waals surface area contributed by atoms with E-state index in [9.17, 15) is 12.8 Å². The lowest BCUT2D eigenvalue weighted by Gasteiger charge is -2.15. The lowest BCUT2D eigenvalue weighted by atomic mass is 9.90. The Morgan fingerprint density at radius 3 is 2.62 bits per heavy atom. The Hall–Kier alpha value is -0.840. The molecule has 0 saturated carbocycles. The molecule has 1 aromatic carbocycles. The summed E-state index contributed by atoms with van der Waals surface area (Å²) in [7, 11) is 0.976. The fourth-order valence-electron chi connectivity index (χ4n) is 1.56. The van der Waals surface area contributed by atoms with Gasteiger partial charge < -0.3 is 4.74 Å². The average Bonchev–Trinajstić information content (AvgIpc) is 2.36. The molecule has 0 atom stereocenters. The van der Waals surface area contributed by atoms with Crippen LogP contribution in [0.25, 0.3) is 0 Å². The zero-order valence-corrected chi connectivity index (χ0v) is 14.6. The van der Waals surface area contributed by atoms with Crippen molar-refractivity contribution in [1.82, 2.24) is 0 Å². The first-order chi connectivity index (χ1) is 9.57. The zero-order chi connectivity index (χ0) is 16.3. The van der Waals surface area contributed by atoms with Gasteiger partial charge in [0.15, 0.2) is 0 Å². The minimum atomic E-state index is -4.15. The van der Waals surface area contributed by atoms with Crippen LogP contribution in [-0.4, -0.2) is 15.0 Å². The summed E-state index contributed by atoms with van der Waals surface area (Å²) in [5.74, 6) is -0.785. The average molecular weight is 399 g/mol. The molecule has 4 nitrogen and oxygen atoms in total. The predicted octanol–water partition coefficient (Wildman–Crippen LogP) is 4.22.